The molecule has 0 bridgehead atoms. The van der Waals surface area contributed by atoms with E-state index in [-0.39, 0.29) is 4.24 Å². The van der Waals surface area contributed by atoms with E-state index >= 15 is 0 Å². The zero-order valence-corrected chi connectivity index (χ0v) is 17.0. The monoisotopic (exact) mass is 437 g/mol. The van der Waals surface area contributed by atoms with Gasteiger partial charge >= 0.3 is 7.84 Å². The Hall–Kier alpha value is 0.480. The summed E-state index contributed by atoms with van der Waals surface area (Å²) in [5, 5.41) is 0. The summed E-state index contributed by atoms with van der Waals surface area (Å²) in [6, 6.07) is 7.67. The molecular weight excluding hydrogens is 426 g/mol. The van der Waals surface area contributed by atoms with Crippen LogP contribution in [0.5, 0.6) is 0 Å². The molecule has 0 saturated carbocycles. The lowest BCUT2D eigenvalue weighted by Gasteiger charge is -2.29. The number of hydrogen-bond acceptors (Lipinski definition) is 3. The predicted molar refractivity (Wildman–Crippen MR) is 101 cm³/mol. The Morgan fingerprint density at radius 3 is 1.96 bits per heavy atom. The maximum atomic E-state index is 13.8. The van der Waals surface area contributed by atoms with Crippen molar-refractivity contribution in [3.63, 3.8) is 0 Å². The number of allylic oxidation sites excluding steroid dienone is 1. The number of likely N-dealkylation sites (N-methyl/N-ethyl adjacent to an activating group) is 1. The van der Waals surface area contributed by atoms with Crippen LogP contribution in [0, 0.1) is 0 Å². The van der Waals surface area contributed by atoms with Crippen LogP contribution in [0.3, 0.4) is 0 Å². The van der Waals surface area contributed by atoms with Gasteiger partial charge in [0.2, 0.25) is 0 Å². The first-order valence-corrected chi connectivity index (χ1v) is 9.57. The summed E-state index contributed by atoms with van der Waals surface area (Å²) in [5.74, 6) is 0. The van der Waals surface area contributed by atoms with Crippen molar-refractivity contribution in [2.75, 3.05) is 11.9 Å². The third-order valence-electron chi connectivity index (χ3n) is 3.48. The average Bonchev–Trinajstić information content (AvgIpc) is 2.53. The fourth-order valence-electron chi connectivity index (χ4n) is 2.68. The number of alkyl halides is 6. The summed E-state index contributed by atoms with van der Waals surface area (Å²) >= 11 is 22.8. The molecule has 0 saturated heterocycles. The molecule has 0 atom stereocenters. The zero-order valence-electron chi connectivity index (χ0n) is 12.3. The van der Waals surface area contributed by atoms with Crippen LogP contribution in [-0.4, -0.2) is 14.9 Å². The van der Waals surface area contributed by atoms with Gasteiger partial charge in [0.15, 0.2) is 0 Å². The van der Waals surface area contributed by atoms with Crippen LogP contribution in [0.25, 0.3) is 0 Å². The number of halogens is 6. The zero-order chi connectivity index (χ0) is 17.6. The molecule has 2 rings (SSSR count). The Labute approximate surface area is 162 Å². The van der Waals surface area contributed by atoms with Gasteiger partial charge in [0.25, 0.3) is 0 Å². The summed E-state index contributed by atoms with van der Waals surface area (Å²) in [6.45, 7) is 3.88. The van der Waals surface area contributed by atoms with Gasteiger partial charge in [-0.1, -0.05) is 78.5 Å². The highest BCUT2D eigenvalue weighted by Crippen LogP contribution is 2.58. The standard InChI is InChI=1S/C14H13Cl4F2NS2/c1-12(2)8-6-4-5-7-9(8)21(3)10(12)11(22-13(15,16)19)23-14(17,18)20/h4-7H,1-3H3. The SMILES string of the molecule is CN1C(=C(SC(F)(Cl)Cl)SC(F)(Cl)Cl)C(C)(C)c2ccccc21. The van der Waals surface area contributed by atoms with Crippen molar-refractivity contribution in [3.05, 3.63) is 39.8 Å². The van der Waals surface area contributed by atoms with Crippen LogP contribution in [-0.2, 0) is 5.41 Å². The highest BCUT2D eigenvalue weighted by atomic mass is 35.5. The van der Waals surface area contributed by atoms with Crippen LogP contribution in [0.15, 0.2) is 34.2 Å². The third-order valence-corrected chi connectivity index (χ3v) is 6.12. The van der Waals surface area contributed by atoms with E-state index in [4.69, 9.17) is 46.4 Å². The normalized spacial score (nSPS) is 17.4. The van der Waals surface area contributed by atoms with E-state index in [1.54, 1.807) is 7.05 Å². The smallest absolute Gasteiger partial charge is 0.309 e. The van der Waals surface area contributed by atoms with Crippen molar-refractivity contribution in [2.24, 2.45) is 0 Å². The maximum Gasteiger partial charge on any atom is 0.309 e. The minimum atomic E-state index is -2.64. The molecule has 0 aliphatic carbocycles. The van der Waals surface area contributed by atoms with E-state index in [0.29, 0.717) is 29.2 Å². The van der Waals surface area contributed by atoms with Crippen LogP contribution < -0.4 is 4.90 Å². The van der Waals surface area contributed by atoms with Crippen molar-refractivity contribution < 1.29 is 8.78 Å². The van der Waals surface area contributed by atoms with E-state index < -0.39 is 13.3 Å². The van der Waals surface area contributed by atoms with Crippen LogP contribution in [0.1, 0.15) is 19.4 Å². The second kappa shape index (κ2) is 6.65. The second-order valence-corrected chi connectivity index (χ2v) is 11.4. The molecule has 1 aromatic rings. The van der Waals surface area contributed by atoms with E-state index in [2.05, 4.69) is 0 Å². The van der Waals surface area contributed by atoms with Crippen LogP contribution in [0.4, 0.5) is 14.5 Å². The first-order valence-electron chi connectivity index (χ1n) is 6.42. The van der Waals surface area contributed by atoms with Crippen molar-refractivity contribution in [3.8, 4) is 0 Å². The molecule has 0 radical (unpaired) electrons. The molecule has 23 heavy (non-hydrogen) atoms. The number of hydrogen-bond donors (Lipinski definition) is 0. The summed E-state index contributed by atoms with van der Waals surface area (Å²) in [6.07, 6.45) is 0. The van der Waals surface area contributed by atoms with Crippen molar-refractivity contribution in [1.82, 2.24) is 0 Å². The number of rotatable bonds is 4. The molecule has 0 N–H and O–H groups in total. The predicted octanol–water partition coefficient (Wildman–Crippen LogP) is 7.17. The lowest BCUT2D eigenvalue weighted by atomic mass is 9.84. The number of anilines is 1. The molecule has 1 aliphatic rings. The van der Waals surface area contributed by atoms with E-state index in [1.165, 1.54) is 0 Å². The molecular formula is C14H13Cl4F2NS2. The molecule has 1 heterocycles. The minimum absolute atomic E-state index is 0.175. The topological polar surface area (TPSA) is 3.24 Å². The molecule has 0 unspecified atom stereocenters. The number of para-hydroxylation sites is 1. The third kappa shape index (κ3) is 4.56. The quantitative estimate of drug-likeness (QED) is 0.458. The van der Waals surface area contributed by atoms with Gasteiger partial charge in [-0.2, -0.15) is 8.78 Å². The van der Waals surface area contributed by atoms with Gasteiger partial charge in [0.05, 0.1) is 4.24 Å². The van der Waals surface area contributed by atoms with Crippen molar-refractivity contribution in [1.29, 1.82) is 0 Å². The summed E-state index contributed by atoms with van der Waals surface area (Å²) in [4.78, 5) is 1.84. The fraction of sp³-hybridized carbons (Fsp3) is 0.429. The molecule has 1 aliphatic heterocycles. The highest BCUT2D eigenvalue weighted by molar-refractivity contribution is 8.25. The number of nitrogens with zero attached hydrogens (tertiary/aromatic N) is 1. The molecule has 128 valence electrons. The first-order chi connectivity index (χ1) is 10.3. The van der Waals surface area contributed by atoms with Crippen LogP contribution >= 0.6 is 69.9 Å². The summed E-state index contributed by atoms with van der Waals surface area (Å²) in [7, 11) is 1.80. The van der Waals surface area contributed by atoms with E-state index in [1.807, 2.05) is 43.0 Å². The van der Waals surface area contributed by atoms with E-state index in [9.17, 15) is 8.78 Å². The van der Waals surface area contributed by atoms with Crippen LogP contribution in [0.2, 0.25) is 0 Å². The highest BCUT2D eigenvalue weighted by Gasteiger charge is 2.44. The molecule has 1 aromatic carbocycles. The largest absolute Gasteiger partial charge is 0.346 e. The molecule has 0 aromatic heterocycles. The van der Waals surface area contributed by atoms with Crippen molar-refractivity contribution >= 4 is 75.6 Å². The lowest BCUT2D eigenvalue weighted by Crippen LogP contribution is -2.25. The van der Waals surface area contributed by atoms with Gasteiger partial charge in [0, 0.05) is 23.8 Å². The summed E-state index contributed by atoms with van der Waals surface area (Å²) in [5.41, 5.74) is 2.03. The van der Waals surface area contributed by atoms with Gasteiger partial charge in [0.1, 0.15) is 0 Å². The van der Waals surface area contributed by atoms with Gasteiger partial charge in [-0.05, 0) is 35.2 Å². The van der Waals surface area contributed by atoms with Gasteiger partial charge in [-0.15, -0.1) is 0 Å². The molecule has 0 fully saturated rings. The number of thioether (sulfide) groups is 2. The fourth-order valence-corrected chi connectivity index (χ4v) is 6.41. The molecule has 0 amide bonds. The van der Waals surface area contributed by atoms with E-state index in [0.717, 1.165) is 11.3 Å². The Kier molecular flexibility index (Phi) is 5.73. The Balaban J connectivity index is 2.62. The maximum absolute atomic E-state index is 13.8. The molecule has 9 heteroatoms. The second-order valence-electron chi connectivity index (χ2n) is 5.43. The molecule has 0 spiro atoms. The van der Waals surface area contributed by atoms with Gasteiger partial charge in [-0.3, -0.25) is 0 Å². The molecule has 1 nitrogen and oxygen atoms in total. The number of benzene rings is 1. The lowest BCUT2D eigenvalue weighted by molar-refractivity contribution is 0.515. The average molecular weight is 439 g/mol. The summed E-state index contributed by atoms with van der Waals surface area (Å²) < 4.78 is 22.5. The van der Waals surface area contributed by atoms with Gasteiger partial charge < -0.3 is 4.90 Å². The first kappa shape index (κ1) is 19.8. The Morgan fingerprint density at radius 2 is 1.52 bits per heavy atom. The number of fused-ring (bicyclic) bond motifs is 1. The van der Waals surface area contributed by atoms with Gasteiger partial charge in [-0.25, -0.2) is 0 Å². The Morgan fingerprint density at radius 1 is 1.04 bits per heavy atom. The Bertz CT molecular complexity index is 620. The van der Waals surface area contributed by atoms with Crippen molar-refractivity contribution in [2.45, 2.75) is 27.1 Å². The minimum Gasteiger partial charge on any atom is -0.346 e.